The maximum Gasteiger partial charge on any atom is 0.227 e. The number of rotatable bonds is 2. The van der Waals surface area contributed by atoms with Crippen LogP contribution < -0.4 is 10.6 Å². The van der Waals surface area contributed by atoms with E-state index in [0.29, 0.717) is 0 Å². The van der Waals surface area contributed by atoms with Crippen LogP contribution in [0, 0.1) is 11.8 Å². The first kappa shape index (κ1) is 13.5. The van der Waals surface area contributed by atoms with Gasteiger partial charge in [-0.25, -0.2) is 0 Å². The van der Waals surface area contributed by atoms with Gasteiger partial charge in [0.25, 0.3) is 0 Å². The number of hydrogen-bond acceptors (Lipinski definition) is 2. The van der Waals surface area contributed by atoms with E-state index >= 15 is 0 Å². The van der Waals surface area contributed by atoms with E-state index in [1.54, 1.807) is 0 Å². The van der Waals surface area contributed by atoms with Crippen molar-refractivity contribution >= 4 is 17.3 Å². The van der Waals surface area contributed by atoms with Crippen LogP contribution in [0.4, 0.5) is 11.4 Å². The van der Waals surface area contributed by atoms with Crippen LogP contribution in [0.1, 0.15) is 44.6 Å². The third-order valence-corrected chi connectivity index (χ3v) is 4.70. The molecule has 1 aliphatic heterocycles. The van der Waals surface area contributed by atoms with Gasteiger partial charge in [-0.3, -0.25) is 4.79 Å². The molecule has 1 heterocycles. The Bertz CT molecular complexity index is 490. The highest BCUT2D eigenvalue weighted by atomic mass is 16.1. The molecule has 1 amide bonds. The molecular weight excluding hydrogens is 248 g/mol. The molecule has 0 spiro atoms. The van der Waals surface area contributed by atoms with Crippen molar-refractivity contribution in [1.82, 2.24) is 0 Å². The number of aryl methyl sites for hydroxylation is 1. The van der Waals surface area contributed by atoms with Crippen LogP contribution in [-0.4, -0.2) is 12.5 Å². The summed E-state index contributed by atoms with van der Waals surface area (Å²) in [5.74, 6) is 1.19. The Labute approximate surface area is 121 Å². The van der Waals surface area contributed by atoms with Crippen LogP contribution in [0.3, 0.4) is 0 Å². The predicted octanol–water partition coefficient (Wildman–Crippen LogP) is 3.81. The van der Waals surface area contributed by atoms with Crippen molar-refractivity contribution in [2.75, 3.05) is 17.2 Å². The summed E-state index contributed by atoms with van der Waals surface area (Å²) in [5, 5.41) is 6.51. The fourth-order valence-corrected chi connectivity index (χ4v) is 3.31. The van der Waals surface area contributed by atoms with Crippen LogP contribution in [0.15, 0.2) is 18.2 Å². The molecule has 3 rings (SSSR count). The molecule has 0 unspecified atom stereocenters. The van der Waals surface area contributed by atoms with Crippen molar-refractivity contribution in [2.24, 2.45) is 11.8 Å². The minimum Gasteiger partial charge on any atom is -0.385 e. The lowest BCUT2D eigenvalue weighted by Crippen LogP contribution is -2.26. The van der Waals surface area contributed by atoms with Crippen molar-refractivity contribution < 1.29 is 4.79 Å². The zero-order valence-corrected chi connectivity index (χ0v) is 12.2. The second-order valence-electron chi connectivity index (χ2n) is 6.35. The Morgan fingerprint density at radius 1 is 1.25 bits per heavy atom. The molecule has 0 atom stereocenters. The monoisotopic (exact) mass is 272 g/mol. The highest BCUT2D eigenvalue weighted by molar-refractivity contribution is 5.93. The third-order valence-electron chi connectivity index (χ3n) is 4.70. The Balaban J connectivity index is 1.64. The van der Waals surface area contributed by atoms with E-state index in [-0.39, 0.29) is 11.8 Å². The van der Waals surface area contributed by atoms with Gasteiger partial charge in [0.2, 0.25) is 5.91 Å². The van der Waals surface area contributed by atoms with Gasteiger partial charge in [-0.2, -0.15) is 0 Å². The maximum atomic E-state index is 12.3. The molecule has 2 N–H and O–H groups in total. The number of carbonyl (C=O) groups excluding carboxylic acids is 1. The second-order valence-corrected chi connectivity index (χ2v) is 6.35. The van der Waals surface area contributed by atoms with Crippen molar-refractivity contribution in [3.05, 3.63) is 23.8 Å². The Morgan fingerprint density at radius 3 is 2.85 bits per heavy atom. The van der Waals surface area contributed by atoms with Crippen LogP contribution in [-0.2, 0) is 11.2 Å². The third kappa shape index (κ3) is 2.97. The van der Waals surface area contributed by atoms with Gasteiger partial charge in [0, 0.05) is 23.8 Å². The smallest absolute Gasteiger partial charge is 0.227 e. The molecule has 1 aliphatic carbocycles. The molecule has 1 aromatic rings. The molecule has 108 valence electrons. The fourth-order valence-electron chi connectivity index (χ4n) is 3.31. The quantitative estimate of drug-likeness (QED) is 0.859. The summed E-state index contributed by atoms with van der Waals surface area (Å²) in [5.41, 5.74) is 3.48. The van der Waals surface area contributed by atoms with E-state index in [2.05, 4.69) is 29.7 Å². The lowest BCUT2D eigenvalue weighted by Gasteiger charge is -2.25. The molecule has 1 aromatic carbocycles. The van der Waals surface area contributed by atoms with Gasteiger partial charge in [-0.15, -0.1) is 0 Å². The standard InChI is InChI=1S/C17H24N2O/c1-12-4-6-14(7-5-12)17(20)19-15-9-8-13-3-2-10-18-16(13)11-15/h8-9,11-12,14,18H,2-7,10H2,1H3,(H,19,20). The second kappa shape index (κ2) is 5.86. The van der Waals surface area contributed by atoms with Crippen molar-refractivity contribution in [1.29, 1.82) is 0 Å². The molecule has 1 saturated carbocycles. The Kier molecular flexibility index (Phi) is 3.95. The van der Waals surface area contributed by atoms with E-state index in [0.717, 1.165) is 37.4 Å². The number of nitrogens with one attached hydrogen (secondary N) is 2. The number of amides is 1. The lowest BCUT2D eigenvalue weighted by atomic mass is 9.82. The van der Waals surface area contributed by atoms with Gasteiger partial charge in [-0.05, 0) is 62.1 Å². The number of benzene rings is 1. The average Bonchev–Trinajstić information content (AvgIpc) is 2.48. The molecule has 0 aromatic heterocycles. The van der Waals surface area contributed by atoms with Gasteiger partial charge >= 0.3 is 0 Å². The maximum absolute atomic E-state index is 12.3. The van der Waals surface area contributed by atoms with E-state index in [9.17, 15) is 4.79 Å². The fraction of sp³-hybridized carbons (Fsp3) is 0.588. The summed E-state index contributed by atoms with van der Waals surface area (Å²) < 4.78 is 0. The van der Waals surface area contributed by atoms with Crippen LogP contribution in [0.2, 0.25) is 0 Å². The number of carbonyl (C=O) groups is 1. The molecule has 0 bridgehead atoms. The highest BCUT2D eigenvalue weighted by Crippen LogP contribution is 2.30. The first-order chi connectivity index (χ1) is 9.72. The zero-order valence-electron chi connectivity index (χ0n) is 12.2. The number of fused-ring (bicyclic) bond motifs is 1. The topological polar surface area (TPSA) is 41.1 Å². The average molecular weight is 272 g/mol. The number of hydrogen-bond donors (Lipinski definition) is 2. The van der Waals surface area contributed by atoms with Gasteiger partial charge in [-0.1, -0.05) is 13.0 Å². The first-order valence-corrected chi connectivity index (χ1v) is 7.90. The summed E-state index contributed by atoms with van der Waals surface area (Å²) in [6.45, 7) is 3.31. The van der Waals surface area contributed by atoms with Crippen molar-refractivity contribution in [2.45, 2.75) is 45.4 Å². The SMILES string of the molecule is CC1CCC(C(=O)Nc2ccc3c(c2)NCCC3)CC1. The minimum atomic E-state index is 0.202. The molecule has 0 saturated heterocycles. The highest BCUT2D eigenvalue weighted by Gasteiger charge is 2.24. The van der Waals surface area contributed by atoms with E-state index < -0.39 is 0 Å². The van der Waals surface area contributed by atoms with E-state index in [4.69, 9.17) is 0 Å². The molecule has 1 fully saturated rings. The molecule has 20 heavy (non-hydrogen) atoms. The first-order valence-electron chi connectivity index (χ1n) is 7.90. The van der Waals surface area contributed by atoms with Gasteiger partial charge in [0.15, 0.2) is 0 Å². The van der Waals surface area contributed by atoms with Crippen molar-refractivity contribution in [3.63, 3.8) is 0 Å². The molecular formula is C17H24N2O. The molecule has 3 heteroatoms. The van der Waals surface area contributed by atoms with Crippen LogP contribution >= 0.6 is 0 Å². The van der Waals surface area contributed by atoms with Gasteiger partial charge in [0.1, 0.15) is 0 Å². The molecule has 0 radical (unpaired) electrons. The Morgan fingerprint density at radius 2 is 2.05 bits per heavy atom. The van der Waals surface area contributed by atoms with Crippen molar-refractivity contribution in [3.8, 4) is 0 Å². The zero-order chi connectivity index (χ0) is 13.9. The van der Waals surface area contributed by atoms with E-state index in [1.165, 1.54) is 30.5 Å². The predicted molar refractivity (Wildman–Crippen MR) is 83.0 cm³/mol. The van der Waals surface area contributed by atoms with E-state index in [1.807, 2.05) is 6.07 Å². The van der Waals surface area contributed by atoms with Gasteiger partial charge in [0.05, 0.1) is 0 Å². The molecule has 2 aliphatic rings. The lowest BCUT2D eigenvalue weighted by molar-refractivity contribution is -0.121. The van der Waals surface area contributed by atoms with Crippen LogP contribution in [0.5, 0.6) is 0 Å². The summed E-state index contributed by atoms with van der Waals surface area (Å²) in [4.78, 5) is 12.3. The largest absolute Gasteiger partial charge is 0.385 e. The normalized spacial score (nSPS) is 25.4. The summed E-state index contributed by atoms with van der Waals surface area (Å²) in [7, 11) is 0. The Hall–Kier alpha value is -1.51. The summed E-state index contributed by atoms with van der Waals surface area (Å²) in [6.07, 6.45) is 6.77. The van der Waals surface area contributed by atoms with Crippen LogP contribution in [0.25, 0.3) is 0 Å². The summed E-state index contributed by atoms with van der Waals surface area (Å²) in [6, 6.07) is 6.26. The summed E-state index contributed by atoms with van der Waals surface area (Å²) >= 11 is 0. The number of anilines is 2. The minimum absolute atomic E-state index is 0.202. The van der Waals surface area contributed by atoms with Gasteiger partial charge < -0.3 is 10.6 Å². The molecule has 3 nitrogen and oxygen atoms in total.